The first-order valence-corrected chi connectivity index (χ1v) is 8.16. The lowest BCUT2D eigenvalue weighted by atomic mass is 10.3. The molecule has 0 bridgehead atoms. The average molecular weight is 301 g/mol. The van der Waals surface area contributed by atoms with Crippen LogP contribution in [0.4, 0.5) is 0 Å². The van der Waals surface area contributed by atoms with Gasteiger partial charge < -0.3 is 9.30 Å². The first-order valence-electron chi connectivity index (χ1n) is 6.13. The molecule has 19 heavy (non-hydrogen) atoms. The number of benzene rings is 1. The minimum absolute atomic E-state index is 0.343. The molecule has 0 fully saturated rings. The zero-order valence-electron chi connectivity index (χ0n) is 11.1. The van der Waals surface area contributed by atoms with Crippen molar-refractivity contribution in [3.05, 3.63) is 24.0 Å². The van der Waals surface area contributed by atoms with Crippen LogP contribution in [0.15, 0.2) is 18.2 Å². The molecule has 0 saturated carbocycles. The molecule has 1 atom stereocenters. The van der Waals surface area contributed by atoms with Gasteiger partial charge in [0.2, 0.25) is 0 Å². The third-order valence-electron chi connectivity index (χ3n) is 3.02. The summed E-state index contributed by atoms with van der Waals surface area (Å²) in [5.74, 6) is 3.22. The molecule has 104 valence electrons. The minimum atomic E-state index is -0.787. The molecule has 0 aliphatic heterocycles. The van der Waals surface area contributed by atoms with Crippen molar-refractivity contribution in [2.45, 2.75) is 19.3 Å². The Bertz CT molecular complexity index is 598. The second kappa shape index (κ2) is 6.39. The van der Waals surface area contributed by atoms with E-state index in [-0.39, 0.29) is 0 Å². The number of rotatable bonds is 6. The van der Waals surface area contributed by atoms with E-state index in [1.54, 1.807) is 7.11 Å². The minimum Gasteiger partial charge on any atom is -0.497 e. The molecule has 6 heteroatoms. The number of aromatic nitrogens is 2. The van der Waals surface area contributed by atoms with E-state index in [9.17, 15) is 4.21 Å². The van der Waals surface area contributed by atoms with E-state index in [2.05, 4.69) is 4.98 Å². The van der Waals surface area contributed by atoms with Gasteiger partial charge in [-0.05, 0) is 12.1 Å². The second-order valence-electron chi connectivity index (χ2n) is 4.10. The van der Waals surface area contributed by atoms with Gasteiger partial charge >= 0.3 is 0 Å². The number of imidazole rings is 1. The average Bonchev–Trinajstić information content (AvgIpc) is 2.81. The lowest BCUT2D eigenvalue weighted by Gasteiger charge is -2.07. The smallest absolute Gasteiger partial charge is 0.124 e. The maximum absolute atomic E-state index is 11.6. The first-order chi connectivity index (χ1) is 9.19. The van der Waals surface area contributed by atoms with Crippen LogP contribution >= 0.6 is 11.6 Å². The van der Waals surface area contributed by atoms with Gasteiger partial charge in [0.05, 0.1) is 24.0 Å². The van der Waals surface area contributed by atoms with Crippen LogP contribution < -0.4 is 4.74 Å². The lowest BCUT2D eigenvalue weighted by Crippen LogP contribution is -2.11. The maximum Gasteiger partial charge on any atom is 0.124 e. The topological polar surface area (TPSA) is 44.1 Å². The van der Waals surface area contributed by atoms with Crippen molar-refractivity contribution in [3.8, 4) is 5.75 Å². The summed E-state index contributed by atoms with van der Waals surface area (Å²) in [5.41, 5.74) is 1.86. The van der Waals surface area contributed by atoms with E-state index in [1.165, 1.54) is 0 Å². The molecule has 2 aromatic rings. The summed E-state index contributed by atoms with van der Waals surface area (Å²) >= 11 is 5.94. The number of hydrogen-bond donors (Lipinski definition) is 0. The third-order valence-corrected chi connectivity index (χ3v) is 4.54. The van der Waals surface area contributed by atoms with Gasteiger partial charge in [-0.25, -0.2) is 4.98 Å². The Kier molecular flexibility index (Phi) is 4.82. The second-order valence-corrected chi connectivity index (χ2v) is 6.23. The van der Waals surface area contributed by atoms with Gasteiger partial charge in [-0.1, -0.05) is 6.92 Å². The standard InChI is InChI=1S/C13H17ClN2O2S/c1-3-19(17)7-6-16-12-5-4-10(18-2)8-11(12)15-13(16)9-14/h4-5,8H,3,6-7,9H2,1-2H3. The van der Waals surface area contributed by atoms with Gasteiger partial charge in [0.1, 0.15) is 11.6 Å². The van der Waals surface area contributed by atoms with E-state index in [1.807, 2.05) is 29.7 Å². The number of halogens is 1. The third kappa shape index (κ3) is 3.09. The van der Waals surface area contributed by atoms with E-state index in [0.29, 0.717) is 23.9 Å². The largest absolute Gasteiger partial charge is 0.497 e. The van der Waals surface area contributed by atoms with Crippen molar-refractivity contribution in [2.24, 2.45) is 0 Å². The van der Waals surface area contributed by atoms with Crippen LogP contribution in [0.25, 0.3) is 11.0 Å². The van der Waals surface area contributed by atoms with Crippen LogP contribution in [-0.2, 0) is 23.2 Å². The molecule has 0 radical (unpaired) electrons. The van der Waals surface area contributed by atoms with Crippen molar-refractivity contribution >= 4 is 33.4 Å². The van der Waals surface area contributed by atoms with E-state index >= 15 is 0 Å². The molecule has 0 saturated heterocycles. The quantitative estimate of drug-likeness (QED) is 0.770. The summed E-state index contributed by atoms with van der Waals surface area (Å²) in [4.78, 5) is 4.50. The highest BCUT2D eigenvalue weighted by atomic mass is 35.5. The fourth-order valence-corrected chi connectivity index (χ4v) is 2.85. The predicted octanol–water partition coefficient (Wildman–Crippen LogP) is 2.55. The molecule has 0 aliphatic carbocycles. The van der Waals surface area contributed by atoms with Crippen molar-refractivity contribution in [1.29, 1.82) is 0 Å². The predicted molar refractivity (Wildman–Crippen MR) is 79.4 cm³/mol. The van der Waals surface area contributed by atoms with E-state index < -0.39 is 10.8 Å². The zero-order valence-corrected chi connectivity index (χ0v) is 12.6. The molecule has 0 spiro atoms. The molecule has 4 nitrogen and oxygen atoms in total. The van der Waals surface area contributed by atoms with Crippen LogP contribution in [0.1, 0.15) is 12.7 Å². The van der Waals surface area contributed by atoms with Gasteiger partial charge in [-0.15, -0.1) is 11.6 Å². The molecule has 0 amide bonds. The van der Waals surface area contributed by atoms with Crippen LogP contribution in [0.5, 0.6) is 5.75 Å². The molecular weight excluding hydrogens is 284 g/mol. The molecule has 1 aromatic heterocycles. The highest BCUT2D eigenvalue weighted by Crippen LogP contribution is 2.22. The highest BCUT2D eigenvalue weighted by Gasteiger charge is 2.11. The first kappa shape index (κ1) is 14.3. The highest BCUT2D eigenvalue weighted by molar-refractivity contribution is 7.84. The SMILES string of the molecule is CCS(=O)CCn1c(CCl)nc2cc(OC)ccc21. The number of aryl methyl sites for hydroxylation is 1. The van der Waals surface area contributed by atoms with Gasteiger partial charge in [0.15, 0.2) is 0 Å². The van der Waals surface area contributed by atoms with Crippen LogP contribution in [-0.4, -0.2) is 32.4 Å². The monoisotopic (exact) mass is 300 g/mol. The fourth-order valence-electron chi connectivity index (χ4n) is 1.98. The normalized spacial score (nSPS) is 12.8. The number of alkyl halides is 1. The number of hydrogen-bond acceptors (Lipinski definition) is 3. The number of nitrogens with zero attached hydrogens (tertiary/aromatic N) is 2. The molecule has 0 aliphatic rings. The number of fused-ring (bicyclic) bond motifs is 1. The van der Waals surface area contributed by atoms with Crippen LogP contribution in [0.3, 0.4) is 0 Å². The van der Waals surface area contributed by atoms with Gasteiger partial charge in [-0.2, -0.15) is 0 Å². The fraction of sp³-hybridized carbons (Fsp3) is 0.462. The Morgan fingerprint density at radius 1 is 1.47 bits per heavy atom. The summed E-state index contributed by atoms with van der Waals surface area (Å²) in [6.45, 7) is 2.60. The Hall–Kier alpha value is -1.07. The summed E-state index contributed by atoms with van der Waals surface area (Å²) in [6, 6.07) is 5.75. The molecular formula is C13H17ClN2O2S. The van der Waals surface area contributed by atoms with Crippen molar-refractivity contribution in [1.82, 2.24) is 9.55 Å². The Labute approximate surface area is 120 Å². The Morgan fingerprint density at radius 3 is 2.89 bits per heavy atom. The molecule has 1 heterocycles. The van der Waals surface area contributed by atoms with Crippen molar-refractivity contribution < 1.29 is 8.95 Å². The summed E-state index contributed by atoms with van der Waals surface area (Å²) in [7, 11) is 0.843. The number of ether oxygens (including phenoxy) is 1. The van der Waals surface area contributed by atoms with Crippen molar-refractivity contribution in [2.75, 3.05) is 18.6 Å². The van der Waals surface area contributed by atoms with E-state index in [0.717, 1.165) is 22.6 Å². The van der Waals surface area contributed by atoms with Crippen LogP contribution in [0.2, 0.25) is 0 Å². The van der Waals surface area contributed by atoms with Gasteiger partial charge in [-0.3, -0.25) is 4.21 Å². The molecule has 2 rings (SSSR count). The van der Waals surface area contributed by atoms with Crippen molar-refractivity contribution in [3.63, 3.8) is 0 Å². The lowest BCUT2D eigenvalue weighted by molar-refractivity contribution is 0.415. The Balaban J connectivity index is 2.37. The summed E-state index contributed by atoms with van der Waals surface area (Å²) in [5, 5.41) is 0. The molecule has 1 aromatic carbocycles. The zero-order chi connectivity index (χ0) is 13.8. The maximum atomic E-state index is 11.6. The van der Waals surface area contributed by atoms with Gasteiger partial charge in [0, 0.05) is 34.9 Å². The summed E-state index contributed by atoms with van der Waals surface area (Å²) < 4.78 is 18.8. The summed E-state index contributed by atoms with van der Waals surface area (Å²) in [6.07, 6.45) is 0. The molecule has 1 unspecified atom stereocenters. The Morgan fingerprint density at radius 2 is 2.26 bits per heavy atom. The molecule has 0 N–H and O–H groups in total. The van der Waals surface area contributed by atoms with Gasteiger partial charge in [0.25, 0.3) is 0 Å². The number of methoxy groups -OCH3 is 1. The van der Waals surface area contributed by atoms with Crippen LogP contribution in [0, 0.1) is 0 Å². The van der Waals surface area contributed by atoms with E-state index in [4.69, 9.17) is 16.3 Å².